The number of halogens is 1. The maximum Gasteiger partial charge on any atom is 0.242 e. The highest BCUT2D eigenvalue weighted by molar-refractivity contribution is 7.92. The standard InChI is InChI=1S/C14H15FN2O3S/c1-10-7-11-3-2-6-17(14(11)13(15)8-10)21(18,19)9-12-4-5-16-20-12/h4-5,7-8H,2-3,6,9H2,1H3. The molecule has 0 atom stereocenters. The van der Waals surface area contributed by atoms with Gasteiger partial charge in [-0.2, -0.15) is 0 Å². The SMILES string of the molecule is Cc1cc(F)c2c(c1)CCCN2S(=O)(=O)Cc1ccno1. The summed E-state index contributed by atoms with van der Waals surface area (Å²) in [5.41, 5.74) is 1.70. The summed E-state index contributed by atoms with van der Waals surface area (Å²) in [5, 5.41) is 3.49. The summed E-state index contributed by atoms with van der Waals surface area (Å²) in [4.78, 5) is 0. The molecule has 112 valence electrons. The Morgan fingerprint density at radius 2 is 2.24 bits per heavy atom. The van der Waals surface area contributed by atoms with Crippen molar-refractivity contribution in [2.24, 2.45) is 0 Å². The van der Waals surface area contributed by atoms with Crippen LogP contribution in [0.15, 0.2) is 28.9 Å². The summed E-state index contributed by atoms with van der Waals surface area (Å²) in [5.74, 6) is -0.569. The number of benzene rings is 1. The summed E-state index contributed by atoms with van der Waals surface area (Å²) >= 11 is 0. The van der Waals surface area contributed by atoms with E-state index in [1.54, 1.807) is 6.92 Å². The van der Waals surface area contributed by atoms with Crippen LogP contribution in [-0.4, -0.2) is 20.1 Å². The van der Waals surface area contributed by atoms with Crippen LogP contribution >= 0.6 is 0 Å². The maximum atomic E-state index is 14.2. The lowest BCUT2D eigenvalue weighted by molar-refractivity contribution is 0.392. The fourth-order valence-corrected chi connectivity index (χ4v) is 4.21. The minimum Gasteiger partial charge on any atom is -0.360 e. The number of rotatable bonds is 3. The number of aromatic nitrogens is 1. The predicted octanol–water partition coefficient (Wildman–Crippen LogP) is 2.40. The molecule has 21 heavy (non-hydrogen) atoms. The van der Waals surface area contributed by atoms with Crippen LogP contribution in [-0.2, 0) is 22.2 Å². The van der Waals surface area contributed by atoms with Gasteiger partial charge in [-0.05, 0) is 37.0 Å². The Labute approximate surface area is 122 Å². The number of sulfonamides is 1. The van der Waals surface area contributed by atoms with Crippen LogP contribution in [0, 0.1) is 12.7 Å². The minimum atomic E-state index is -3.70. The summed E-state index contributed by atoms with van der Waals surface area (Å²) < 4.78 is 45.3. The topological polar surface area (TPSA) is 63.4 Å². The van der Waals surface area contributed by atoms with Crippen molar-refractivity contribution in [3.63, 3.8) is 0 Å². The molecule has 0 saturated carbocycles. The van der Waals surface area contributed by atoms with Crippen molar-refractivity contribution in [1.29, 1.82) is 0 Å². The zero-order valence-electron chi connectivity index (χ0n) is 11.5. The zero-order valence-corrected chi connectivity index (χ0v) is 12.4. The van der Waals surface area contributed by atoms with Crippen LogP contribution in [0.25, 0.3) is 0 Å². The van der Waals surface area contributed by atoms with Gasteiger partial charge >= 0.3 is 0 Å². The molecule has 1 aromatic heterocycles. The Bertz CT molecular complexity index is 757. The number of anilines is 1. The lowest BCUT2D eigenvalue weighted by Crippen LogP contribution is -2.37. The molecule has 3 rings (SSSR count). The van der Waals surface area contributed by atoms with Crippen molar-refractivity contribution in [1.82, 2.24) is 5.16 Å². The molecule has 0 bridgehead atoms. The van der Waals surface area contributed by atoms with Gasteiger partial charge in [0.2, 0.25) is 10.0 Å². The minimum absolute atomic E-state index is 0.173. The van der Waals surface area contributed by atoms with Gasteiger partial charge in [-0.25, -0.2) is 12.8 Å². The van der Waals surface area contributed by atoms with Crippen molar-refractivity contribution in [2.45, 2.75) is 25.5 Å². The van der Waals surface area contributed by atoms with E-state index in [4.69, 9.17) is 4.52 Å². The fourth-order valence-electron chi connectivity index (χ4n) is 2.65. The molecule has 0 saturated heterocycles. The lowest BCUT2D eigenvalue weighted by atomic mass is 10.0. The third kappa shape index (κ3) is 2.65. The third-order valence-corrected chi connectivity index (χ3v) is 5.18. The molecule has 0 radical (unpaired) electrons. The molecule has 0 spiro atoms. The van der Waals surface area contributed by atoms with E-state index in [-0.39, 0.29) is 23.7 Å². The fraction of sp³-hybridized carbons (Fsp3) is 0.357. The van der Waals surface area contributed by atoms with E-state index < -0.39 is 15.8 Å². The molecule has 0 aliphatic carbocycles. The van der Waals surface area contributed by atoms with Gasteiger partial charge in [-0.3, -0.25) is 4.31 Å². The third-order valence-electron chi connectivity index (χ3n) is 3.50. The molecule has 1 aliphatic rings. The Kier molecular flexibility index (Phi) is 3.44. The highest BCUT2D eigenvalue weighted by Crippen LogP contribution is 2.33. The predicted molar refractivity (Wildman–Crippen MR) is 75.9 cm³/mol. The Morgan fingerprint density at radius 3 is 2.95 bits per heavy atom. The molecule has 2 heterocycles. The second-order valence-corrected chi connectivity index (χ2v) is 7.06. The van der Waals surface area contributed by atoms with Crippen LogP contribution in [0.3, 0.4) is 0 Å². The van der Waals surface area contributed by atoms with Crippen LogP contribution in [0.5, 0.6) is 0 Å². The van der Waals surface area contributed by atoms with Gasteiger partial charge in [0.1, 0.15) is 11.6 Å². The molecule has 0 fully saturated rings. The highest BCUT2D eigenvalue weighted by atomic mass is 32.2. The van der Waals surface area contributed by atoms with Crippen LogP contribution in [0.4, 0.5) is 10.1 Å². The van der Waals surface area contributed by atoms with Gasteiger partial charge in [0, 0.05) is 12.6 Å². The van der Waals surface area contributed by atoms with Crippen LogP contribution < -0.4 is 4.31 Å². The highest BCUT2D eigenvalue weighted by Gasteiger charge is 2.31. The molecule has 1 aliphatic heterocycles. The van der Waals surface area contributed by atoms with Gasteiger partial charge in [-0.15, -0.1) is 0 Å². The van der Waals surface area contributed by atoms with E-state index in [2.05, 4.69) is 5.16 Å². The first-order chi connectivity index (χ1) is 9.97. The van der Waals surface area contributed by atoms with Crippen molar-refractivity contribution < 1.29 is 17.3 Å². The Hall–Kier alpha value is -1.89. The average molecular weight is 310 g/mol. The molecule has 1 aromatic carbocycles. The van der Waals surface area contributed by atoms with E-state index in [9.17, 15) is 12.8 Å². The van der Waals surface area contributed by atoms with Crippen molar-refractivity contribution in [2.75, 3.05) is 10.8 Å². The smallest absolute Gasteiger partial charge is 0.242 e. The van der Waals surface area contributed by atoms with E-state index in [1.807, 2.05) is 6.07 Å². The first-order valence-corrected chi connectivity index (χ1v) is 8.27. The zero-order chi connectivity index (χ0) is 15.0. The van der Waals surface area contributed by atoms with Crippen molar-refractivity contribution in [3.05, 3.63) is 47.1 Å². The molecule has 0 N–H and O–H groups in total. The number of hydrogen-bond acceptors (Lipinski definition) is 4. The van der Waals surface area contributed by atoms with Gasteiger partial charge in [0.05, 0.1) is 11.9 Å². The van der Waals surface area contributed by atoms with Gasteiger partial charge in [0.25, 0.3) is 0 Å². The number of aryl methyl sites for hydroxylation is 2. The maximum absolute atomic E-state index is 14.2. The monoisotopic (exact) mass is 310 g/mol. The van der Waals surface area contributed by atoms with E-state index in [0.29, 0.717) is 12.8 Å². The van der Waals surface area contributed by atoms with E-state index in [1.165, 1.54) is 18.3 Å². The Balaban J connectivity index is 2.02. The van der Waals surface area contributed by atoms with E-state index >= 15 is 0 Å². The largest absolute Gasteiger partial charge is 0.360 e. The summed E-state index contributed by atoms with van der Waals surface area (Å²) in [6.07, 6.45) is 2.74. The quantitative estimate of drug-likeness (QED) is 0.873. The number of hydrogen-bond donors (Lipinski definition) is 0. The number of nitrogens with zero attached hydrogens (tertiary/aromatic N) is 2. The van der Waals surface area contributed by atoms with Crippen molar-refractivity contribution in [3.8, 4) is 0 Å². The summed E-state index contributed by atoms with van der Waals surface area (Å²) in [6, 6.07) is 4.70. The normalized spacial score (nSPS) is 15.0. The molecular weight excluding hydrogens is 295 g/mol. The Morgan fingerprint density at radius 1 is 1.43 bits per heavy atom. The van der Waals surface area contributed by atoms with Gasteiger partial charge in [-0.1, -0.05) is 11.2 Å². The first kappa shape index (κ1) is 14.1. The van der Waals surface area contributed by atoms with Crippen LogP contribution in [0.2, 0.25) is 0 Å². The molecular formula is C14H15FN2O3S. The second kappa shape index (κ2) is 5.14. The molecule has 0 amide bonds. The molecule has 5 nitrogen and oxygen atoms in total. The van der Waals surface area contributed by atoms with E-state index in [0.717, 1.165) is 15.4 Å². The lowest BCUT2D eigenvalue weighted by Gasteiger charge is -2.30. The molecule has 7 heteroatoms. The van der Waals surface area contributed by atoms with Gasteiger partial charge < -0.3 is 4.52 Å². The number of fused-ring (bicyclic) bond motifs is 1. The van der Waals surface area contributed by atoms with Crippen LogP contribution in [0.1, 0.15) is 23.3 Å². The molecule has 2 aromatic rings. The first-order valence-electron chi connectivity index (χ1n) is 6.66. The molecule has 0 unspecified atom stereocenters. The van der Waals surface area contributed by atoms with Gasteiger partial charge in [0.15, 0.2) is 5.76 Å². The second-order valence-electron chi connectivity index (χ2n) is 5.17. The van der Waals surface area contributed by atoms with Crippen molar-refractivity contribution >= 4 is 15.7 Å². The summed E-state index contributed by atoms with van der Waals surface area (Å²) in [7, 11) is -3.70. The average Bonchev–Trinajstić information content (AvgIpc) is 2.89. The summed E-state index contributed by atoms with van der Waals surface area (Å²) in [6.45, 7) is 2.08.